The van der Waals surface area contributed by atoms with Gasteiger partial charge in [-0.3, -0.25) is 14.5 Å². The topological polar surface area (TPSA) is 79.3 Å². The number of rotatable bonds is 35. The van der Waals surface area contributed by atoms with E-state index >= 15 is 0 Å². The van der Waals surface area contributed by atoms with Crippen LogP contribution in [0.3, 0.4) is 0 Å². The lowest BCUT2D eigenvalue weighted by Gasteiger charge is -2.42. The zero-order chi connectivity index (χ0) is 39.1. The normalized spacial score (nSPS) is 17.9. The molecular weight excluding hydrogens is 673 g/mol. The number of ether oxygens (including phenoxy) is 2. The third-order valence-corrected chi connectivity index (χ3v) is 12.9. The van der Waals surface area contributed by atoms with Gasteiger partial charge in [-0.2, -0.15) is 0 Å². The summed E-state index contributed by atoms with van der Waals surface area (Å²) < 4.78 is 12.5. The Labute approximate surface area is 334 Å². The quantitative estimate of drug-likeness (QED) is 0.0509. The van der Waals surface area contributed by atoms with Crippen molar-refractivity contribution in [1.82, 2.24) is 9.80 Å². The van der Waals surface area contributed by atoms with E-state index in [4.69, 9.17) is 9.47 Å². The molecule has 7 nitrogen and oxygen atoms in total. The number of nitrogens with zero attached hydrogens (tertiary/aromatic N) is 2. The minimum Gasteiger partial charge on any atom is -0.464 e. The number of likely N-dealkylation sites (tertiary alicyclic amines) is 2. The van der Waals surface area contributed by atoms with Crippen molar-refractivity contribution in [1.29, 1.82) is 0 Å². The van der Waals surface area contributed by atoms with Crippen molar-refractivity contribution < 1.29 is 24.2 Å². The van der Waals surface area contributed by atoms with Gasteiger partial charge in [0.15, 0.2) is 0 Å². The Balaban J connectivity index is 2.07. The molecule has 2 aliphatic rings. The molecule has 2 saturated heterocycles. The maximum Gasteiger partial charge on any atom is 0.308 e. The molecule has 1 spiro atoms. The molecule has 0 aliphatic carbocycles. The number of carbonyl (C=O) groups is 2. The molecule has 0 saturated carbocycles. The van der Waals surface area contributed by atoms with Crippen LogP contribution >= 0.6 is 0 Å². The van der Waals surface area contributed by atoms with Gasteiger partial charge in [0.2, 0.25) is 0 Å². The molecule has 1 N–H and O–H groups in total. The highest BCUT2D eigenvalue weighted by atomic mass is 16.5. The minimum absolute atomic E-state index is 0.0269. The number of hydrogen-bond donors (Lipinski definition) is 1. The molecule has 2 heterocycles. The third-order valence-electron chi connectivity index (χ3n) is 12.9. The summed E-state index contributed by atoms with van der Waals surface area (Å²) in [6, 6.07) is -0.0955. The Hall–Kier alpha value is -1.18. The lowest BCUT2D eigenvalue weighted by molar-refractivity contribution is -0.156. The van der Waals surface area contributed by atoms with E-state index < -0.39 is 0 Å². The van der Waals surface area contributed by atoms with Gasteiger partial charge in [0.25, 0.3) is 0 Å². The standard InChI is InChI=1S/C47H90N2O5/c1-5-9-13-17-19-23-29-42(27-21-15-11-7-3)45(51)53-39-44(49-36-32-47(33-37-49)31-35-48(41-47)34-25-26-38-50)40-54-46(52)43(28-22-16-12-8-4)30-24-20-18-14-10-6-2/h42-44,50H,5-41H2,1-4H3. The molecule has 0 amide bonds. The molecule has 0 radical (unpaired) electrons. The smallest absolute Gasteiger partial charge is 0.308 e. The number of unbranched alkanes of at least 4 members (excludes halogenated alkanes) is 17. The van der Waals surface area contributed by atoms with Gasteiger partial charge in [0.1, 0.15) is 13.2 Å². The second-order valence-corrected chi connectivity index (χ2v) is 17.6. The molecule has 0 bridgehead atoms. The van der Waals surface area contributed by atoms with E-state index in [1.165, 1.54) is 109 Å². The van der Waals surface area contributed by atoms with Gasteiger partial charge in [-0.1, -0.05) is 156 Å². The van der Waals surface area contributed by atoms with E-state index in [0.29, 0.717) is 18.6 Å². The molecule has 0 aromatic heterocycles. The predicted octanol–water partition coefficient (Wildman–Crippen LogP) is 11.7. The van der Waals surface area contributed by atoms with Crippen molar-refractivity contribution in [3.05, 3.63) is 0 Å². The SMILES string of the molecule is CCCCCCCCC(CCCCCC)C(=O)OCC(COC(=O)C(CCCCCC)CCCCCCCC)N1CCC2(CCN(CCCCO)C2)CC1. The zero-order valence-corrected chi connectivity index (χ0v) is 36.4. The highest BCUT2D eigenvalue weighted by Crippen LogP contribution is 2.41. The first-order valence-corrected chi connectivity index (χ1v) is 23.8. The molecule has 318 valence electrons. The molecular formula is C47H90N2O5. The summed E-state index contributed by atoms with van der Waals surface area (Å²) in [5, 5.41) is 9.26. The van der Waals surface area contributed by atoms with Crippen molar-refractivity contribution in [3.63, 3.8) is 0 Å². The fourth-order valence-corrected chi connectivity index (χ4v) is 9.03. The highest BCUT2D eigenvalue weighted by Gasteiger charge is 2.42. The molecule has 54 heavy (non-hydrogen) atoms. The summed E-state index contributed by atoms with van der Waals surface area (Å²) in [6.07, 6.45) is 33.4. The zero-order valence-electron chi connectivity index (χ0n) is 36.4. The number of carbonyl (C=O) groups excluding carboxylic acids is 2. The maximum absolute atomic E-state index is 13.8. The van der Waals surface area contributed by atoms with Crippen LogP contribution in [0.15, 0.2) is 0 Å². The number of piperidine rings is 1. The maximum atomic E-state index is 13.8. The van der Waals surface area contributed by atoms with E-state index in [1.807, 2.05) is 0 Å². The third kappa shape index (κ3) is 21.4. The van der Waals surface area contributed by atoms with E-state index in [9.17, 15) is 14.7 Å². The summed E-state index contributed by atoms with van der Waals surface area (Å²) in [5.74, 6) is -0.117. The lowest BCUT2D eigenvalue weighted by Crippen LogP contribution is -2.50. The molecule has 0 aromatic rings. The Bertz CT molecular complexity index is 859. The molecule has 2 unspecified atom stereocenters. The highest BCUT2D eigenvalue weighted by molar-refractivity contribution is 5.73. The van der Waals surface area contributed by atoms with Crippen LogP contribution < -0.4 is 0 Å². The lowest BCUT2D eigenvalue weighted by atomic mass is 9.77. The van der Waals surface area contributed by atoms with Gasteiger partial charge in [-0.05, 0) is 89.4 Å². The van der Waals surface area contributed by atoms with E-state index in [-0.39, 0.29) is 36.4 Å². The van der Waals surface area contributed by atoms with E-state index in [0.717, 1.165) is 110 Å². The average molecular weight is 763 g/mol. The molecule has 0 aromatic carbocycles. The first-order chi connectivity index (χ1) is 26.4. The minimum atomic E-state index is -0.0955. The van der Waals surface area contributed by atoms with Crippen LogP contribution in [0.1, 0.15) is 214 Å². The van der Waals surface area contributed by atoms with Crippen LogP contribution in [0.25, 0.3) is 0 Å². The number of hydrogen-bond acceptors (Lipinski definition) is 7. The molecule has 7 heteroatoms. The first kappa shape index (κ1) is 49.0. The van der Waals surface area contributed by atoms with Crippen molar-refractivity contribution >= 4 is 11.9 Å². The van der Waals surface area contributed by atoms with Gasteiger partial charge in [-0.15, -0.1) is 0 Å². The Morgan fingerprint density at radius 3 is 1.35 bits per heavy atom. The largest absolute Gasteiger partial charge is 0.464 e. The molecule has 2 aliphatic heterocycles. The van der Waals surface area contributed by atoms with Gasteiger partial charge < -0.3 is 19.5 Å². The number of esters is 2. The van der Waals surface area contributed by atoms with Crippen LogP contribution in [-0.4, -0.2) is 85.4 Å². The predicted molar refractivity (Wildman–Crippen MR) is 227 cm³/mol. The second-order valence-electron chi connectivity index (χ2n) is 17.6. The Kier molecular flexibility index (Phi) is 28.9. The van der Waals surface area contributed by atoms with E-state index in [1.54, 1.807) is 0 Å². The van der Waals surface area contributed by atoms with Gasteiger partial charge in [0.05, 0.1) is 17.9 Å². The Morgan fingerprint density at radius 2 is 0.926 bits per heavy atom. The van der Waals surface area contributed by atoms with E-state index in [2.05, 4.69) is 37.5 Å². The number of aliphatic hydroxyl groups excluding tert-OH is 1. The fourth-order valence-electron chi connectivity index (χ4n) is 9.03. The van der Waals surface area contributed by atoms with Crippen LogP contribution in [0.4, 0.5) is 0 Å². The molecule has 2 fully saturated rings. The van der Waals surface area contributed by atoms with Gasteiger partial charge >= 0.3 is 11.9 Å². The van der Waals surface area contributed by atoms with Gasteiger partial charge in [-0.25, -0.2) is 0 Å². The summed E-state index contributed by atoms with van der Waals surface area (Å²) >= 11 is 0. The van der Waals surface area contributed by atoms with Crippen LogP contribution in [-0.2, 0) is 19.1 Å². The summed E-state index contributed by atoms with van der Waals surface area (Å²) in [7, 11) is 0. The van der Waals surface area contributed by atoms with Crippen LogP contribution in [0.2, 0.25) is 0 Å². The van der Waals surface area contributed by atoms with Crippen molar-refractivity contribution in [2.75, 3.05) is 52.5 Å². The van der Waals surface area contributed by atoms with Crippen LogP contribution in [0.5, 0.6) is 0 Å². The summed E-state index contributed by atoms with van der Waals surface area (Å²) in [4.78, 5) is 32.6. The molecule has 2 rings (SSSR count). The fraction of sp³-hybridized carbons (Fsp3) is 0.957. The summed E-state index contributed by atoms with van der Waals surface area (Å²) in [6.45, 7) is 15.2. The number of aliphatic hydroxyl groups is 1. The second kappa shape index (κ2) is 31.9. The monoisotopic (exact) mass is 763 g/mol. The Morgan fingerprint density at radius 1 is 0.537 bits per heavy atom. The van der Waals surface area contributed by atoms with Crippen LogP contribution in [0, 0.1) is 17.3 Å². The van der Waals surface area contributed by atoms with Gasteiger partial charge in [0, 0.05) is 13.2 Å². The summed E-state index contributed by atoms with van der Waals surface area (Å²) in [5.41, 5.74) is 0.356. The van der Waals surface area contributed by atoms with Crippen molar-refractivity contribution in [2.45, 2.75) is 220 Å². The average Bonchev–Trinajstić information content (AvgIpc) is 3.57. The van der Waals surface area contributed by atoms with Crippen molar-refractivity contribution in [2.24, 2.45) is 17.3 Å². The molecule has 2 atom stereocenters. The first-order valence-electron chi connectivity index (χ1n) is 23.8. The van der Waals surface area contributed by atoms with Crippen molar-refractivity contribution in [3.8, 4) is 0 Å².